The van der Waals surface area contributed by atoms with Gasteiger partial charge in [-0.1, -0.05) is 47.0 Å². The van der Waals surface area contributed by atoms with Gasteiger partial charge in [0.25, 0.3) is 0 Å². The molecule has 1 fully saturated rings. The molecular weight excluding hydrogens is 350 g/mol. The van der Waals surface area contributed by atoms with Crippen LogP contribution >= 0.6 is 0 Å². The summed E-state index contributed by atoms with van der Waals surface area (Å²) in [6, 6.07) is 0.848. The monoisotopic (exact) mass is 399 g/mol. The summed E-state index contributed by atoms with van der Waals surface area (Å²) >= 11 is 0. The second-order valence-electron chi connectivity index (χ2n) is 9.81. The largest absolute Gasteiger partial charge is 0.300 e. The van der Waals surface area contributed by atoms with Crippen molar-refractivity contribution in [3.8, 4) is 0 Å². The summed E-state index contributed by atoms with van der Waals surface area (Å²) in [4.78, 5) is 2.79. The number of rotatable bonds is 11. The highest BCUT2D eigenvalue weighted by Gasteiger charge is 2.24. The minimum absolute atomic E-state index is 0.848. The molecule has 2 unspecified atom stereocenters. The molecule has 0 aliphatic carbocycles. The summed E-state index contributed by atoms with van der Waals surface area (Å²) in [5, 5.41) is 0. The average molecular weight is 400 g/mol. The third-order valence-electron chi connectivity index (χ3n) is 7.78. The van der Waals surface area contributed by atoms with E-state index in [1.165, 1.54) is 83.7 Å². The molecule has 29 heavy (non-hydrogen) atoms. The van der Waals surface area contributed by atoms with Crippen LogP contribution < -0.4 is 0 Å². The highest BCUT2D eigenvalue weighted by Crippen LogP contribution is 2.30. The zero-order valence-corrected chi connectivity index (χ0v) is 20.8. The predicted molar refractivity (Wildman–Crippen MR) is 130 cm³/mol. The molecule has 1 aromatic carbocycles. The van der Waals surface area contributed by atoms with Gasteiger partial charge in [0.05, 0.1) is 0 Å². The molecule has 1 aliphatic rings. The summed E-state index contributed by atoms with van der Waals surface area (Å²) in [5.41, 5.74) is 9.72. The van der Waals surface area contributed by atoms with Crippen LogP contribution in [0.15, 0.2) is 0 Å². The van der Waals surface area contributed by atoms with E-state index in [9.17, 15) is 0 Å². The zero-order valence-electron chi connectivity index (χ0n) is 20.8. The first-order chi connectivity index (χ1) is 13.9. The van der Waals surface area contributed by atoms with Gasteiger partial charge in [0, 0.05) is 6.04 Å². The van der Waals surface area contributed by atoms with Crippen LogP contribution in [-0.2, 0) is 19.3 Å². The fraction of sp³-hybridized carbons (Fsp3) is 0.786. The van der Waals surface area contributed by atoms with E-state index < -0.39 is 0 Å². The number of nitrogens with zero attached hydrogens (tertiary/aromatic N) is 1. The van der Waals surface area contributed by atoms with Gasteiger partial charge in [-0.2, -0.15) is 0 Å². The Morgan fingerprint density at radius 1 is 0.793 bits per heavy atom. The van der Waals surface area contributed by atoms with Gasteiger partial charge in [-0.25, -0.2) is 0 Å². The maximum absolute atomic E-state index is 2.79. The molecule has 2 rings (SSSR count). The maximum atomic E-state index is 2.79. The molecule has 1 heteroatoms. The molecule has 1 aromatic rings. The molecular formula is C28H49N. The predicted octanol–water partition coefficient (Wildman–Crippen LogP) is 7.74. The van der Waals surface area contributed by atoms with Crippen LogP contribution in [0.4, 0.5) is 0 Å². The van der Waals surface area contributed by atoms with Crippen molar-refractivity contribution in [2.45, 2.75) is 125 Å². The van der Waals surface area contributed by atoms with Gasteiger partial charge in [-0.3, -0.25) is 0 Å². The van der Waals surface area contributed by atoms with E-state index in [0.29, 0.717) is 0 Å². The van der Waals surface area contributed by atoms with Crippen molar-refractivity contribution in [2.24, 2.45) is 5.92 Å². The average Bonchev–Trinajstić information content (AvgIpc) is 2.72. The normalized spacial score (nSPS) is 20.4. The fourth-order valence-electron chi connectivity index (χ4n) is 5.80. The molecule has 1 heterocycles. The minimum atomic E-state index is 0.848. The molecule has 0 bridgehead atoms. The quantitative estimate of drug-likeness (QED) is 0.344. The van der Waals surface area contributed by atoms with Crippen LogP contribution in [0.3, 0.4) is 0 Å². The molecule has 166 valence electrons. The van der Waals surface area contributed by atoms with Crippen LogP contribution in [0.2, 0.25) is 0 Å². The van der Waals surface area contributed by atoms with E-state index in [4.69, 9.17) is 0 Å². The first-order valence-corrected chi connectivity index (χ1v) is 12.8. The molecule has 1 aliphatic heterocycles. The number of hydrogen-bond donors (Lipinski definition) is 0. The Balaban J connectivity index is 1.84. The van der Waals surface area contributed by atoms with Crippen LogP contribution in [0.5, 0.6) is 0 Å². The van der Waals surface area contributed by atoms with Crippen molar-refractivity contribution in [3.63, 3.8) is 0 Å². The Kier molecular flexibility index (Phi) is 10.2. The molecule has 1 nitrogen and oxygen atoms in total. The fourth-order valence-corrected chi connectivity index (χ4v) is 5.80. The zero-order chi connectivity index (χ0) is 21.4. The molecule has 0 aromatic heterocycles. The third kappa shape index (κ3) is 6.33. The van der Waals surface area contributed by atoms with Crippen molar-refractivity contribution >= 4 is 0 Å². The Hall–Kier alpha value is -0.820. The Morgan fingerprint density at radius 3 is 2.14 bits per heavy atom. The van der Waals surface area contributed by atoms with Gasteiger partial charge in [0.15, 0.2) is 0 Å². The Bertz CT molecular complexity index is 630. The summed E-state index contributed by atoms with van der Waals surface area (Å²) < 4.78 is 0. The number of unbranched alkanes of at least 4 members (excludes halogenated alkanes) is 3. The first kappa shape index (κ1) is 24.4. The maximum Gasteiger partial charge on any atom is 0.00951 e. The van der Waals surface area contributed by atoms with Crippen LogP contribution in [-0.4, -0.2) is 24.0 Å². The molecule has 2 atom stereocenters. The lowest BCUT2D eigenvalue weighted by Gasteiger charge is -2.38. The van der Waals surface area contributed by atoms with Crippen LogP contribution in [0.1, 0.15) is 112 Å². The van der Waals surface area contributed by atoms with E-state index in [-0.39, 0.29) is 0 Å². The Labute approximate surface area is 182 Å². The third-order valence-corrected chi connectivity index (χ3v) is 7.78. The summed E-state index contributed by atoms with van der Waals surface area (Å²) in [6.45, 7) is 19.2. The number of piperidine rings is 1. The van der Waals surface area contributed by atoms with Crippen molar-refractivity contribution in [3.05, 3.63) is 33.4 Å². The number of hydrogen-bond acceptors (Lipinski definition) is 1. The molecule has 0 N–H and O–H groups in total. The van der Waals surface area contributed by atoms with Crippen LogP contribution in [0, 0.1) is 26.7 Å². The summed E-state index contributed by atoms with van der Waals surface area (Å²) in [5.74, 6) is 0.933. The molecule has 0 spiro atoms. The second-order valence-corrected chi connectivity index (χ2v) is 9.81. The van der Waals surface area contributed by atoms with Gasteiger partial charge >= 0.3 is 0 Å². The van der Waals surface area contributed by atoms with Crippen LogP contribution in [0.25, 0.3) is 0 Å². The van der Waals surface area contributed by atoms with Crippen molar-refractivity contribution in [2.75, 3.05) is 13.1 Å². The summed E-state index contributed by atoms with van der Waals surface area (Å²) in [6.07, 6.45) is 14.6. The first-order valence-electron chi connectivity index (χ1n) is 12.8. The molecule has 0 saturated carbocycles. The lowest BCUT2D eigenvalue weighted by atomic mass is 9.84. The van der Waals surface area contributed by atoms with Gasteiger partial charge < -0.3 is 4.90 Å². The standard InChI is InChI=1S/C28H49N/c1-8-15-28-24(7)27(23(6)22(5)26(28)10-3)16-13-11-12-14-18-29-19-17-21(4)20-25(29)9-2/h21,25H,8-20H2,1-7H3. The smallest absolute Gasteiger partial charge is 0.00951 e. The van der Waals surface area contributed by atoms with Crippen molar-refractivity contribution in [1.29, 1.82) is 0 Å². The van der Waals surface area contributed by atoms with Crippen molar-refractivity contribution in [1.82, 2.24) is 4.90 Å². The van der Waals surface area contributed by atoms with Gasteiger partial charge in [0.1, 0.15) is 0 Å². The molecule has 0 amide bonds. The second kappa shape index (κ2) is 12.1. The Morgan fingerprint density at radius 2 is 1.48 bits per heavy atom. The number of likely N-dealkylation sites (tertiary alicyclic amines) is 1. The van der Waals surface area contributed by atoms with E-state index in [1.807, 2.05) is 0 Å². The van der Waals surface area contributed by atoms with Gasteiger partial charge in [0.2, 0.25) is 0 Å². The number of benzene rings is 1. The van der Waals surface area contributed by atoms with Crippen molar-refractivity contribution < 1.29 is 0 Å². The minimum Gasteiger partial charge on any atom is -0.300 e. The highest BCUT2D eigenvalue weighted by atomic mass is 15.2. The van der Waals surface area contributed by atoms with Gasteiger partial charge in [-0.15, -0.1) is 0 Å². The molecule has 1 saturated heterocycles. The lowest BCUT2D eigenvalue weighted by molar-refractivity contribution is 0.112. The summed E-state index contributed by atoms with van der Waals surface area (Å²) in [7, 11) is 0. The van der Waals surface area contributed by atoms with Gasteiger partial charge in [-0.05, 0) is 125 Å². The van der Waals surface area contributed by atoms with E-state index in [0.717, 1.165) is 12.0 Å². The highest BCUT2D eigenvalue weighted by molar-refractivity contribution is 5.50. The molecule has 0 radical (unpaired) electrons. The topological polar surface area (TPSA) is 3.24 Å². The van der Waals surface area contributed by atoms with E-state index in [2.05, 4.69) is 53.4 Å². The van der Waals surface area contributed by atoms with E-state index in [1.54, 1.807) is 33.4 Å². The van der Waals surface area contributed by atoms with E-state index >= 15 is 0 Å². The lowest BCUT2D eigenvalue weighted by Crippen LogP contribution is -2.42. The SMILES string of the molecule is CCCc1c(C)c(CCCCCCN2CCC(C)CC2CC)c(C)c(C)c1CC.